The number of aromatic nitrogens is 2. The first-order chi connectivity index (χ1) is 7.26. The molecular weight excluding hydrogens is 212 g/mol. The summed E-state index contributed by atoms with van der Waals surface area (Å²) in [4.78, 5) is 7.85. The molecule has 0 aliphatic heterocycles. The van der Waals surface area contributed by atoms with Crippen molar-refractivity contribution in [1.82, 2.24) is 15.3 Å². The monoisotopic (exact) mass is 224 g/mol. The fraction of sp³-hybridized carbons (Fsp3) is 0.222. The second-order valence-corrected chi connectivity index (χ2v) is 2.98. The molecule has 0 spiro atoms. The maximum Gasteiger partial charge on any atom is 0.218 e. The maximum absolute atomic E-state index is 5.01. The summed E-state index contributed by atoms with van der Waals surface area (Å²) in [6.45, 7) is 4.18. The Morgan fingerprint density at radius 1 is 1.67 bits per heavy atom. The molecule has 0 bridgehead atoms. The van der Waals surface area contributed by atoms with Gasteiger partial charge in [0.2, 0.25) is 5.88 Å². The Morgan fingerprint density at radius 2 is 2.47 bits per heavy atom. The van der Waals surface area contributed by atoms with Crippen LogP contribution in [0.4, 0.5) is 5.82 Å². The summed E-state index contributed by atoms with van der Waals surface area (Å²) in [6, 6.07) is 1.65. The Labute approximate surface area is 93.6 Å². The van der Waals surface area contributed by atoms with Crippen LogP contribution < -0.4 is 15.4 Å². The summed E-state index contributed by atoms with van der Waals surface area (Å²) in [7, 11) is 1.54. The van der Waals surface area contributed by atoms with E-state index < -0.39 is 0 Å². The van der Waals surface area contributed by atoms with Gasteiger partial charge in [-0.1, -0.05) is 6.08 Å². The number of thiocarbonyl (C=S) groups is 1. The van der Waals surface area contributed by atoms with Crippen molar-refractivity contribution >= 4 is 23.1 Å². The van der Waals surface area contributed by atoms with E-state index in [1.165, 1.54) is 6.33 Å². The number of hydrogen-bond acceptors (Lipinski definition) is 4. The Bertz CT molecular complexity index is 356. The van der Waals surface area contributed by atoms with Crippen molar-refractivity contribution in [1.29, 1.82) is 0 Å². The van der Waals surface area contributed by atoms with Crippen LogP contribution in [0.5, 0.6) is 5.88 Å². The summed E-state index contributed by atoms with van der Waals surface area (Å²) < 4.78 is 4.95. The minimum atomic E-state index is 0.482. The first-order valence-electron chi connectivity index (χ1n) is 4.28. The molecule has 0 aliphatic carbocycles. The second kappa shape index (κ2) is 5.92. The smallest absolute Gasteiger partial charge is 0.218 e. The zero-order valence-corrected chi connectivity index (χ0v) is 9.17. The molecule has 0 atom stereocenters. The number of ether oxygens (including phenoxy) is 1. The largest absolute Gasteiger partial charge is 0.481 e. The molecule has 1 heterocycles. The zero-order valence-electron chi connectivity index (χ0n) is 8.36. The van der Waals surface area contributed by atoms with Crippen LogP contribution in [0.15, 0.2) is 25.0 Å². The van der Waals surface area contributed by atoms with E-state index in [9.17, 15) is 0 Å². The van der Waals surface area contributed by atoms with Crippen molar-refractivity contribution in [3.8, 4) is 5.88 Å². The Morgan fingerprint density at radius 3 is 3.13 bits per heavy atom. The molecule has 0 amide bonds. The van der Waals surface area contributed by atoms with Gasteiger partial charge in [-0.15, -0.1) is 6.58 Å². The van der Waals surface area contributed by atoms with Crippen molar-refractivity contribution in [2.45, 2.75) is 0 Å². The van der Waals surface area contributed by atoms with Gasteiger partial charge in [-0.05, 0) is 12.2 Å². The highest BCUT2D eigenvalue weighted by molar-refractivity contribution is 7.80. The number of methoxy groups -OCH3 is 1. The van der Waals surface area contributed by atoms with Gasteiger partial charge in [0.15, 0.2) is 5.11 Å². The lowest BCUT2D eigenvalue weighted by Gasteiger charge is -2.08. The SMILES string of the molecule is C=CCNC(=S)Nc1cc(OC)ncn1. The fourth-order valence-corrected chi connectivity index (χ4v) is 1.03. The van der Waals surface area contributed by atoms with E-state index in [1.807, 2.05) is 0 Å². The fourth-order valence-electron chi connectivity index (χ4n) is 0.845. The quantitative estimate of drug-likeness (QED) is 0.587. The molecule has 0 aromatic carbocycles. The van der Waals surface area contributed by atoms with Gasteiger partial charge in [0.05, 0.1) is 7.11 Å². The van der Waals surface area contributed by atoms with Crippen LogP contribution in [0, 0.1) is 0 Å². The average Bonchev–Trinajstić information content (AvgIpc) is 2.26. The third-order valence-electron chi connectivity index (χ3n) is 1.50. The normalized spacial score (nSPS) is 9.13. The van der Waals surface area contributed by atoms with E-state index in [0.717, 1.165) is 0 Å². The summed E-state index contributed by atoms with van der Waals surface area (Å²) in [5.41, 5.74) is 0. The molecule has 15 heavy (non-hydrogen) atoms. The van der Waals surface area contributed by atoms with E-state index in [4.69, 9.17) is 17.0 Å². The molecular formula is C9H12N4OS. The average molecular weight is 224 g/mol. The van der Waals surface area contributed by atoms with Crippen molar-refractivity contribution in [2.75, 3.05) is 19.0 Å². The maximum atomic E-state index is 5.01. The summed E-state index contributed by atoms with van der Waals surface area (Å²) in [6.07, 6.45) is 3.12. The highest BCUT2D eigenvalue weighted by atomic mass is 32.1. The molecule has 6 heteroatoms. The number of nitrogens with zero attached hydrogens (tertiary/aromatic N) is 2. The van der Waals surface area contributed by atoms with Crippen molar-refractivity contribution in [2.24, 2.45) is 0 Å². The molecule has 5 nitrogen and oxygen atoms in total. The topological polar surface area (TPSA) is 59.1 Å². The first kappa shape index (κ1) is 11.4. The van der Waals surface area contributed by atoms with Crippen LogP contribution in [0.1, 0.15) is 0 Å². The third kappa shape index (κ3) is 3.90. The van der Waals surface area contributed by atoms with Gasteiger partial charge in [-0.3, -0.25) is 0 Å². The number of nitrogens with one attached hydrogen (secondary N) is 2. The lowest BCUT2D eigenvalue weighted by Crippen LogP contribution is -2.28. The van der Waals surface area contributed by atoms with Crippen LogP contribution in [0.3, 0.4) is 0 Å². The van der Waals surface area contributed by atoms with Gasteiger partial charge < -0.3 is 15.4 Å². The van der Waals surface area contributed by atoms with E-state index >= 15 is 0 Å². The number of anilines is 1. The standard InChI is InChI=1S/C9H12N4OS/c1-3-4-10-9(15)13-7-5-8(14-2)12-6-11-7/h3,5-6H,1,4H2,2H3,(H2,10,11,12,13,15). The van der Waals surface area contributed by atoms with Crippen LogP contribution in [0.2, 0.25) is 0 Å². The summed E-state index contributed by atoms with van der Waals surface area (Å²) >= 11 is 5.01. The van der Waals surface area contributed by atoms with Gasteiger partial charge >= 0.3 is 0 Å². The third-order valence-corrected chi connectivity index (χ3v) is 1.75. The number of hydrogen-bond donors (Lipinski definition) is 2. The summed E-state index contributed by atoms with van der Waals surface area (Å²) in [5, 5.41) is 6.29. The van der Waals surface area contributed by atoms with Crippen molar-refractivity contribution in [3.05, 3.63) is 25.0 Å². The molecule has 2 N–H and O–H groups in total. The lowest BCUT2D eigenvalue weighted by atomic mass is 10.5. The van der Waals surface area contributed by atoms with E-state index in [-0.39, 0.29) is 0 Å². The van der Waals surface area contributed by atoms with Crippen LogP contribution in [-0.4, -0.2) is 28.7 Å². The molecule has 0 saturated heterocycles. The molecule has 80 valence electrons. The van der Waals surface area contributed by atoms with E-state index in [0.29, 0.717) is 23.4 Å². The molecule has 0 aliphatic rings. The Kier molecular flexibility index (Phi) is 4.49. The minimum absolute atomic E-state index is 0.482. The Balaban J connectivity index is 2.55. The molecule has 1 aromatic rings. The zero-order chi connectivity index (χ0) is 11.1. The predicted octanol–water partition coefficient (Wildman–Crippen LogP) is 0.958. The van der Waals surface area contributed by atoms with Gasteiger partial charge in [0.1, 0.15) is 12.1 Å². The number of rotatable bonds is 4. The molecule has 1 rings (SSSR count). The molecule has 0 radical (unpaired) electrons. The van der Waals surface area contributed by atoms with Gasteiger partial charge in [0, 0.05) is 12.6 Å². The van der Waals surface area contributed by atoms with Crippen molar-refractivity contribution in [3.63, 3.8) is 0 Å². The van der Waals surface area contributed by atoms with E-state index in [1.54, 1.807) is 19.3 Å². The van der Waals surface area contributed by atoms with Crippen LogP contribution >= 0.6 is 12.2 Å². The van der Waals surface area contributed by atoms with Gasteiger partial charge in [-0.25, -0.2) is 9.97 Å². The molecule has 1 aromatic heterocycles. The summed E-state index contributed by atoms with van der Waals surface area (Å²) in [5.74, 6) is 1.07. The van der Waals surface area contributed by atoms with E-state index in [2.05, 4.69) is 27.2 Å². The van der Waals surface area contributed by atoms with Gasteiger partial charge in [-0.2, -0.15) is 0 Å². The molecule has 0 unspecified atom stereocenters. The Hall–Kier alpha value is -1.69. The highest BCUT2D eigenvalue weighted by Gasteiger charge is 1.99. The highest BCUT2D eigenvalue weighted by Crippen LogP contribution is 2.09. The second-order valence-electron chi connectivity index (χ2n) is 2.57. The first-order valence-corrected chi connectivity index (χ1v) is 4.69. The predicted molar refractivity (Wildman–Crippen MR) is 63.0 cm³/mol. The minimum Gasteiger partial charge on any atom is -0.481 e. The van der Waals surface area contributed by atoms with Gasteiger partial charge in [0.25, 0.3) is 0 Å². The van der Waals surface area contributed by atoms with Crippen molar-refractivity contribution < 1.29 is 4.74 Å². The molecule has 0 fully saturated rings. The lowest BCUT2D eigenvalue weighted by molar-refractivity contribution is 0.397. The van der Waals surface area contributed by atoms with Crippen LogP contribution in [-0.2, 0) is 0 Å². The van der Waals surface area contributed by atoms with Crippen LogP contribution in [0.25, 0.3) is 0 Å². The molecule has 0 saturated carbocycles.